The minimum Gasteiger partial charge on any atom is -0.347 e. The molecular weight excluding hydrogens is 248 g/mol. The first kappa shape index (κ1) is 15.0. The maximum Gasteiger partial charge on any atom is 0.251 e. The zero-order chi connectivity index (χ0) is 13.8. The fraction of sp³-hybridized carbons (Fsp3) is 0.571. The molecule has 0 aromatic carbocycles. The maximum absolute atomic E-state index is 12.2. The molecule has 0 fully saturated rings. The molecule has 0 saturated carbocycles. The van der Waals surface area contributed by atoms with Crippen molar-refractivity contribution in [2.45, 2.75) is 52.5 Å². The van der Waals surface area contributed by atoms with Gasteiger partial charge in [0.2, 0.25) is 0 Å². The number of hydrogen-bond acceptors (Lipinski definition) is 2. The van der Waals surface area contributed by atoms with Crippen LogP contribution in [0.2, 0.25) is 5.15 Å². The van der Waals surface area contributed by atoms with Crippen LogP contribution in [0.15, 0.2) is 12.1 Å². The molecule has 0 saturated heterocycles. The molecule has 0 radical (unpaired) electrons. The molecule has 0 bridgehead atoms. The van der Waals surface area contributed by atoms with E-state index in [0.717, 1.165) is 25.0 Å². The number of carbonyl (C=O) groups is 1. The molecule has 0 unspecified atom stereocenters. The van der Waals surface area contributed by atoms with Gasteiger partial charge >= 0.3 is 0 Å². The molecule has 1 amide bonds. The third kappa shape index (κ3) is 3.45. The lowest BCUT2D eigenvalue weighted by Crippen LogP contribution is -2.47. The normalized spacial score (nSPS) is 11.4. The largest absolute Gasteiger partial charge is 0.347 e. The second-order valence-corrected chi connectivity index (χ2v) is 5.00. The van der Waals surface area contributed by atoms with Crippen molar-refractivity contribution in [3.8, 4) is 0 Å². The summed E-state index contributed by atoms with van der Waals surface area (Å²) in [6, 6.07) is 3.36. The van der Waals surface area contributed by atoms with E-state index in [1.165, 1.54) is 0 Å². The van der Waals surface area contributed by atoms with Gasteiger partial charge in [-0.25, -0.2) is 4.98 Å². The van der Waals surface area contributed by atoms with Crippen LogP contribution in [0.4, 0.5) is 0 Å². The quantitative estimate of drug-likeness (QED) is 0.827. The van der Waals surface area contributed by atoms with Crippen LogP contribution in [0.25, 0.3) is 0 Å². The van der Waals surface area contributed by atoms with Crippen molar-refractivity contribution in [3.63, 3.8) is 0 Å². The number of halogens is 1. The number of hydrogen-bond donors (Lipinski definition) is 1. The van der Waals surface area contributed by atoms with Crippen molar-refractivity contribution in [3.05, 3.63) is 28.5 Å². The summed E-state index contributed by atoms with van der Waals surface area (Å²) in [5.74, 6) is -0.0760. The molecule has 0 atom stereocenters. The molecule has 18 heavy (non-hydrogen) atoms. The van der Waals surface area contributed by atoms with E-state index in [1.807, 2.05) is 6.92 Å². The molecule has 1 heterocycles. The Hall–Kier alpha value is -1.09. The number of pyridine rings is 1. The standard InChI is InChI=1S/C14H21ClN2O/c1-5-14(6-2,7-3)17-13(18)11-8-10(4)16-12(15)9-11/h8-9H,5-7H2,1-4H3,(H,17,18). The maximum atomic E-state index is 12.2. The number of nitrogens with zero attached hydrogens (tertiary/aromatic N) is 1. The first-order valence-electron chi connectivity index (χ1n) is 6.43. The number of rotatable bonds is 5. The van der Waals surface area contributed by atoms with Gasteiger partial charge < -0.3 is 5.32 Å². The van der Waals surface area contributed by atoms with Crippen molar-refractivity contribution >= 4 is 17.5 Å². The van der Waals surface area contributed by atoms with Crippen LogP contribution in [-0.2, 0) is 0 Å². The van der Waals surface area contributed by atoms with Gasteiger partial charge in [-0.3, -0.25) is 4.79 Å². The van der Waals surface area contributed by atoms with E-state index < -0.39 is 0 Å². The van der Waals surface area contributed by atoms with Crippen LogP contribution in [0.5, 0.6) is 0 Å². The summed E-state index contributed by atoms with van der Waals surface area (Å²) >= 11 is 5.88. The lowest BCUT2D eigenvalue weighted by Gasteiger charge is -2.31. The van der Waals surface area contributed by atoms with E-state index in [0.29, 0.717) is 10.7 Å². The summed E-state index contributed by atoms with van der Waals surface area (Å²) in [5, 5.41) is 3.48. The van der Waals surface area contributed by atoms with Gasteiger partial charge in [-0.2, -0.15) is 0 Å². The Kier molecular flexibility index (Phi) is 5.15. The van der Waals surface area contributed by atoms with E-state index in [4.69, 9.17) is 11.6 Å². The van der Waals surface area contributed by atoms with Crippen LogP contribution in [-0.4, -0.2) is 16.4 Å². The molecule has 0 aliphatic heterocycles. The molecule has 0 aliphatic carbocycles. The number of amides is 1. The molecule has 4 heteroatoms. The van der Waals surface area contributed by atoms with Gasteiger partial charge in [0.25, 0.3) is 5.91 Å². The molecule has 1 N–H and O–H groups in total. The zero-order valence-corrected chi connectivity index (χ0v) is 12.3. The Labute approximate surface area is 114 Å². The van der Waals surface area contributed by atoms with E-state index >= 15 is 0 Å². The van der Waals surface area contributed by atoms with Crippen molar-refractivity contribution in [1.29, 1.82) is 0 Å². The third-order valence-corrected chi connectivity index (χ3v) is 3.79. The fourth-order valence-corrected chi connectivity index (χ4v) is 2.34. The van der Waals surface area contributed by atoms with E-state index in [9.17, 15) is 4.79 Å². The topological polar surface area (TPSA) is 42.0 Å². The first-order chi connectivity index (χ1) is 8.46. The van der Waals surface area contributed by atoms with E-state index in [-0.39, 0.29) is 11.4 Å². The second-order valence-electron chi connectivity index (χ2n) is 4.62. The number of carbonyl (C=O) groups excluding carboxylic acids is 1. The van der Waals surface area contributed by atoms with Crippen LogP contribution in [0.3, 0.4) is 0 Å². The highest BCUT2D eigenvalue weighted by molar-refractivity contribution is 6.29. The lowest BCUT2D eigenvalue weighted by molar-refractivity contribution is 0.0888. The molecule has 1 aromatic rings. The highest BCUT2D eigenvalue weighted by atomic mass is 35.5. The monoisotopic (exact) mass is 268 g/mol. The Morgan fingerprint density at radius 3 is 2.28 bits per heavy atom. The summed E-state index contributed by atoms with van der Waals surface area (Å²) in [5.41, 5.74) is 1.20. The number of aromatic nitrogens is 1. The highest BCUT2D eigenvalue weighted by Gasteiger charge is 2.26. The van der Waals surface area contributed by atoms with Gasteiger partial charge in [0.15, 0.2) is 0 Å². The average Bonchev–Trinajstić information content (AvgIpc) is 2.35. The Bertz CT molecular complexity index is 399. The van der Waals surface area contributed by atoms with Crippen LogP contribution < -0.4 is 5.32 Å². The number of nitrogens with one attached hydrogen (secondary N) is 1. The molecule has 1 aromatic heterocycles. The van der Waals surface area contributed by atoms with Gasteiger partial charge in [0.1, 0.15) is 5.15 Å². The molecule has 0 aliphatic rings. The Morgan fingerprint density at radius 2 is 1.83 bits per heavy atom. The predicted octanol–water partition coefficient (Wildman–Crippen LogP) is 3.74. The highest BCUT2D eigenvalue weighted by Crippen LogP contribution is 2.20. The lowest BCUT2D eigenvalue weighted by atomic mass is 9.89. The van der Waals surface area contributed by atoms with Gasteiger partial charge in [0.05, 0.1) is 0 Å². The van der Waals surface area contributed by atoms with Gasteiger partial charge in [-0.15, -0.1) is 0 Å². The van der Waals surface area contributed by atoms with Crippen molar-refractivity contribution in [2.75, 3.05) is 0 Å². The summed E-state index contributed by atoms with van der Waals surface area (Å²) < 4.78 is 0. The van der Waals surface area contributed by atoms with Gasteiger partial charge in [0, 0.05) is 16.8 Å². The molecule has 1 rings (SSSR count). The van der Waals surface area contributed by atoms with Crippen molar-refractivity contribution in [1.82, 2.24) is 10.3 Å². The summed E-state index contributed by atoms with van der Waals surface area (Å²) in [6.45, 7) is 8.11. The SMILES string of the molecule is CCC(CC)(CC)NC(=O)c1cc(C)nc(Cl)c1. The minimum atomic E-state index is -0.124. The van der Waals surface area contributed by atoms with Crippen LogP contribution >= 0.6 is 11.6 Å². The average molecular weight is 269 g/mol. The van der Waals surface area contributed by atoms with Crippen molar-refractivity contribution in [2.24, 2.45) is 0 Å². The zero-order valence-electron chi connectivity index (χ0n) is 11.5. The third-order valence-electron chi connectivity index (χ3n) is 3.59. The van der Waals surface area contributed by atoms with Crippen molar-refractivity contribution < 1.29 is 4.79 Å². The summed E-state index contributed by atoms with van der Waals surface area (Å²) in [6.07, 6.45) is 2.76. The molecule has 0 spiro atoms. The van der Waals surface area contributed by atoms with Crippen LogP contribution in [0, 0.1) is 6.92 Å². The summed E-state index contributed by atoms with van der Waals surface area (Å²) in [4.78, 5) is 16.3. The van der Waals surface area contributed by atoms with Crippen LogP contribution in [0.1, 0.15) is 56.1 Å². The first-order valence-corrected chi connectivity index (χ1v) is 6.80. The smallest absolute Gasteiger partial charge is 0.251 e. The van der Waals surface area contributed by atoms with E-state index in [1.54, 1.807) is 12.1 Å². The second kappa shape index (κ2) is 6.19. The fourth-order valence-electron chi connectivity index (χ4n) is 2.09. The van der Waals surface area contributed by atoms with E-state index in [2.05, 4.69) is 31.1 Å². The molecule has 3 nitrogen and oxygen atoms in total. The summed E-state index contributed by atoms with van der Waals surface area (Å²) in [7, 11) is 0. The van der Waals surface area contributed by atoms with Gasteiger partial charge in [-0.05, 0) is 38.3 Å². The molecule has 100 valence electrons. The number of aryl methyl sites for hydroxylation is 1. The minimum absolute atomic E-state index is 0.0760. The Morgan fingerprint density at radius 1 is 1.28 bits per heavy atom. The molecular formula is C14H21ClN2O. The van der Waals surface area contributed by atoms with Gasteiger partial charge in [-0.1, -0.05) is 32.4 Å². The predicted molar refractivity (Wildman–Crippen MR) is 75.1 cm³/mol. The Balaban J connectivity index is 2.94.